The van der Waals surface area contributed by atoms with E-state index < -0.39 is 29.0 Å². The second-order valence-electron chi connectivity index (χ2n) is 9.09. The largest absolute Gasteiger partial charge is 0.552 e. The molecule has 0 saturated heterocycles. The molecule has 0 saturated carbocycles. The van der Waals surface area contributed by atoms with Crippen LogP contribution in [0.5, 0.6) is 5.75 Å². The Morgan fingerprint density at radius 1 is 1.03 bits per heavy atom. The smallest absolute Gasteiger partial charge is 0.368 e. The summed E-state index contributed by atoms with van der Waals surface area (Å²) in [5, 5.41) is 14.8. The van der Waals surface area contributed by atoms with E-state index >= 15 is 0 Å². The number of esters is 1. The van der Waals surface area contributed by atoms with E-state index in [-0.39, 0.29) is 33.9 Å². The first-order valence-corrected chi connectivity index (χ1v) is 11.2. The molecule has 0 aromatic heterocycles. The quantitative estimate of drug-likeness (QED) is 0.303. The molecular formula is C27H25N2O6+. The second-order valence-corrected chi connectivity index (χ2v) is 9.09. The Bertz CT molecular complexity index is 1400. The minimum atomic E-state index is -2.08. The Hall–Kier alpha value is -4.17. The van der Waals surface area contributed by atoms with Gasteiger partial charge in [0.1, 0.15) is 0 Å². The molecule has 2 atom stereocenters. The maximum absolute atomic E-state index is 14.0. The number of carbonyl (C=O) groups is 3. The van der Waals surface area contributed by atoms with Crippen molar-refractivity contribution in [1.29, 1.82) is 0 Å². The van der Waals surface area contributed by atoms with E-state index in [9.17, 15) is 19.5 Å². The molecule has 0 radical (unpaired) electrons. The van der Waals surface area contributed by atoms with Crippen molar-refractivity contribution in [3.05, 3.63) is 94.0 Å². The van der Waals surface area contributed by atoms with Crippen molar-refractivity contribution in [2.45, 2.75) is 31.1 Å². The molecule has 3 aromatic rings. The molecule has 1 amide bonds. The third-order valence-electron chi connectivity index (χ3n) is 6.81. The number of hydrogen-bond acceptors (Lipinski definition) is 6. The fraction of sp³-hybridized carbons (Fsp3) is 0.222. The predicted molar refractivity (Wildman–Crippen MR) is 128 cm³/mol. The number of carbonyl (C=O) groups excluding carboxylic acids is 3. The zero-order valence-electron chi connectivity index (χ0n) is 19.5. The number of Topliss-reactive ketones (excluding diaryl/α,β-unsaturated/α-hetero) is 1. The number of nitrogen functional groups attached to an aromatic ring is 1. The van der Waals surface area contributed by atoms with E-state index in [1.54, 1.807) is 24.3 Å². The van der Waals surface area contributed by atoms with Gasteiger partial charge in [-0.05, 0) is 53.9 Å². The number of aliphatic hydroxyl groups is 2. The van der Waals surface area contributed by atoms with E-state index in [2.05, 4.69) is 10.1 Å². The Labute approximate surface area is 201 Å². The molecule has 8 heteroatoms. The molecule has 5 rings (SSSR count). The van der Waals surface area contributed by atoms with Gasteiger partial charge in [0.25, 0.3) is 17.2 Å². The maximum atomic E-state index is 14.0. The topological polar surface area (TPSA) is 132 Å². The number of methoxy groups -OCH3 is 1. The number of amides is 1. The molecule has 0 spiro atoms. The Morgan fingerprint density at radius 3 is 2.37 bits per heavy atom. The molecule has 1 aliphatic heterocycles. The number of rotatable bonds is 4. The van der Waals surface area contributed by atoms with Crippen LogP contribution in [0.4, 0.5) is 5.69 Å². The summed E-state index contributed by atoms with van der Waals surface area (Å²) in [4.78, 5) is 39.2. The molecule has 1 heterocycles. The monoisotopic (exact) mass is 473 g/mol. The van der Waals surface area contributed by atoms with Gasteiger partial charge in [0.2, 0.25) is 5.78 Å². The van der Waals surface area contributed by atoms with Crippen molar-refractivity contribution in [1.82, 2.24) is 5.32 Å². The highest BCUT2D eigenvalue weighted by Gasteiger charge is 2.77. The molecule has 0 fully saturated rings. The molecule has 35 heavy (non-hydrogen) atoms. The molecule has 3 aromatic carbocycles. The molecule has 8 nitrogen and oxygen atoms in total. The highest BCUT2D eigenvalue weighted by molar-refractivity contribution is 6.16. The van der Waals surface area contributed by atoms with Crippen molar-refractivity contribution in [3.63, 3.8) is 0 Å². The zero-order chi connectivity index (χ0) is 25.1. The van der Waals surface area contributed by atoms with Crippen molar-refractivity contribution in [2.75, 3.05) is 12.8 Å². The van der Waals surface area contributed by atoms with Gasteiger partial charge in [0.05, 0.1) is 29.4 Å². The Balaban J connectivity index is 1.65. The number of nitrogens with one attached hydrogen (secondary N) is 1. The summed E-state index contributed by atoms with van der Waals surface area (Å²) in [6.45, 7) is 4.06. The molecule has 1 aliphatic carbocycles. The average Bonchev–Trinajstić information content (AvgIpc) is 3.21. The molecule has 178 valence electrons. The van der Waals surface area contributed by atoms with Crippen LogP contribution in [-0.4, -0.2) is 34.6 Å². The van der Waals surface area contributed by atoms with Gasteiger partial charge in [-0.3, -0.25) is 9.59 Å². The van der Waals surface area contributed by atoms with E-state index in [1.165, 1.54) is 31.4 Å². The van der Waals surface area contributed by atoms with Gasteiger partial charge in [-0.1, -0.05) is 26.0 Å². The molecule has 5 N–H and O–H groups in total. The summed E-state index contributed by atoms with van der Waals surface area (Å²) < 4.78 is 9.29. The molecular weight excluding hydrogens is 448 g/mol. The van der Waals surface area contributed by atoms with Gasteiger partial charge in [0.15, 0.2) is 0 Å². The summed E-state index contributed by atoms with van der Waals surface area (Å²) in [6.07, 6.45) is 0. The van der Waals surface area contributed by atoms with Crippen LogP contribution in [0.25, 0.3) is 0 Å². The van der Waals surface area contributed by atoms with Crippen LogP contribution < -0.4 is 11.1 Å². The Morgan fingerprint density at radius 2 is 1.71 bits per heavy atom. The molecule has 2 aliphatic rings. The summed E-state index contributed by atoms with van der Waals surface area (Å²) in [6, 6.07) is 16.0. The van der Waals surface area contributed by atoms with Crippen LogP contribution in [0.2, 0.25) is 0 Å². The molecule has 2 unspecified atom stereocenters. The van der Waals surface area contributed by atoms with Crippen LogP contribution >= 0.6 is 0 Å². The number of benzene rings is 3. The maximum Gasteiger partial charge on any atom is 0.368 e. The van der Waals surface area contributed by atoms with Crippen LogP contribution in [0.1, 0.15) is 67.5 Å². The number of ketones is 1. The number of anilines is 1. The SMILES string of the molecule is COC(=O)c1ccc(C(=O)NC23C(=O)c4c(N)cccc4C2(O)[OH+]c2cc(C(C)C)ccc23)cc1. The summed E-state index contributed by atoms with van der Waals surface area (Å²) in [5.41, 5.74) is 6.66. The number of ether oxygens (including phenoxy) is 2. The van der Waals surface area contributed by atoms with Crippen molar-refractivity contribution < 1.29 is 29.0 Å². The van der Waals surface area contributed by atoms with Crippen LogP contribution in [0.3, 0.4) is 0 Å². The highest BCUT2D eigenvalue weighted by Crippen LogP contribution is 2.60. The molecule has 0 bridgehead atoms. The third-order valence-corrected chi connectivity index (χ3v) is 6.81. The summed E-state index contributed by atoms with van der Waals surface area (Å²) >= 11 is 0. The summed E-state index contributed by atoms with van der Waals surface area (Å²) in [5.74, 6) is -3.13. The van der Waals surface area contributed by atoms with Gasteiger partial charge in [-0.25, -0.2) is 4.79 Å². The predicted octanol–water partition coefficient (Wildman–Crippen LogP) is 3.10. The highest BCUT2D eigenvalue weighted by atomic mass is 16.6. The number of fused-ring (bicyclic) bond motifs is 5. The number of hydrogen-bond donors (Lipinski definition) is 3. The van der Waals surface area contributed by atoms with E-state index in [0.717, 1.165) is 5.56 Å². The van der Waals surface area contributed by atoms with Crippen molar-refractivity contribution >= 4 is 23.3 Å². The first-order valence-electron chi connectivity index (χ1n) is 11.2. The lowest BCUT2D eigenvalue weighted by molar-refractivity contribution is -0.275. The van der Waals surface area contributed by atoms with Crippen molar-refractivity contribution in [2.24, 2.45) is 0 Å². The number of nitrogens with two attached hydrogens (primary N) is 1. The van der Waals surface area contributed by atoms with Crippen LogP contribution in [0.15, 0.2) is 60.7 Å². The number of aromatic hydroxyl groups is 1. The lowest BCUT2D eigenvalue weighted by atomic mass is 9.82. The first kappa shape index (κ1) is 22.6. The van der Waals surface area contributed by atoms with E-state index in [1.807, 2.05) is 26.0 Å². The average molecular weight is 474 g/mol. The fourth-order valence-electron chi connectivity index (χ4n) is 4.94. The van der Waals surface area contributed by atoms with Crippen molar-refractivity contribution in [3.8, 4) is 5.75 Å². The Kier molecular flexibility index (Phi) is 4.96. The zero-order valence-corrected chi connectivity index (χ0v) is 19.5. The summed E-state index contributed by atoms with van der Waals surface area (Å²) in [7, 11) is 1.27. The van der Waals surface area contributed by atoms with Gasteiger partial charge in [0, 0.05) is 17.3 Å². The minimum absolute atomic E-state index is 0.138. The normalized spacial score (nSPS) is 21.7. The lowest BCUT2D eigenvalue weighted by Crippen LogP contribution is -2.59. The van der Waals surface area contributed by atoms with Gasteiger partial charge < -0.3 is 25.6 Å². The third kappa shape index (κ3) is 2.99. The lowest BCUT2D eigenvalue weighted by Gasteiger charge is -2.30. The fourth-order valence-corrected chi connectivity index (χ4v) is 4.94. The van der Waals surface area contributed by atoms with Gasteiger partial charge >= 0.3 is 11.8 Å². The standard InChI is InChI=1S/C27H24N2O6/c1-14(2)17-11-12-18-21(13-17)35-27(33)19-5-4-6-20(28)22(19)23(30)26(18,27)29-24(31)15-7-9-16(10-8-15)25(32)34-3/h4-14,33H,28H2,1-3H3,(H,29,31)/p+1. The first-order chi connectivity index (χ1) is 16.6. The van der Waals surface area contributed by atoms with E-state index in [0.29, 0.717) is 11.3 Å². The minimum Gasteiger partial charge on any atom is -0.552 e. The van der Waals surface area contributed by atoms with Gasteiger partial charge in [-0.2, -0.15) is 0 Å². The van der Waals surface area contributed by atoms with E-state index in [4.69, 9.17) is 10.5 Å². The second kappa shape index (κ2) is 7.68. The van der Waals surface area contributed by atoms with Crippen LogP contribution in [0, 0.1) is 0 Å². The van der Waals surface area contributed by atoms with Gasteiger partial charge in [-0.15, -0.1) is 0 Å². The van der Waals surface area contributed by atoms with Crippen LogP contribution in [-0.2, 0) is 16.1 Å².